The largest absolute Gasteiger partial charge is 0.481 e. The first-order valence-corrected chi connectivity index (χ1v) is 8.08. The Morgan fingerprint density at radius 1 is 1.08 bits per heavy atom. The van der Waals surface area contributed by atoms with Crippen LogP contribution >= 0.6 is 0 Å². The van der Waals surface area contributed by atoms with Crippen molar-refractivity contribution >= 4 is 11.6 Å². The summed E-state index contributed by atoms with van der Waals surface area (Å²) in [7, 11) is 0. The molecule has 0 fully saturated rings. The van der Waals surface area contributed by atoms with Crippen LogP contribution in [0.5, 0.6) is 5.75 Å². The van der Waals surface area contributed by atoms with E-state index in [9.17, 15) is 13.6 Å². The molecule has 3 nitrogen and oxygen atoms in total. The summed E-state index contributed by atoms with van der Waals surface area (Å²) in [6.45, 7) is 1.57. The Morgan fingerprint density at radius 3 is 2.50 bits per heavy atom. The van der Waals surface area contributed by atoms with Crippen molar-refractivity contribution in [3.05, 3.63) is 59.2 Å². The molecule has 2 aromatic rings. The molecule has 0 heterocycles. The molecule has 0 saturated carbocycles. The van der Waals surface area contributed by atoms with Gasteiger partial charge in [0.05, 0.1) is 0 Å². The second kappa shape index (κ2) is 6.99. The highest BCUT2D eigenvalue weighted by Crippen LogP contribution is 2.30. The molecule has 2 aromatic carbocycles. The number of ether oxygens (including phenoxy) is 1. The Bertz CT molecular complexity index is 741. The van der Waals surface area contributed by atoms with Gasteiger partial charge in [0.1, 0.15) is 23.1 Å². The summed E-state index contributed by atoms with van der Waals surface area (Å²) in [6, 6.07) is 9.24. The monoisotopic (exact) mass is 331 g/mol. The lowest BCUT2D eigenvalue weighted by molar-refractivity contribution is -0.122. The van der Waals surface area contributed by atoms with Gasteiger partial charge in [-0.25, -0.2) is 8.78 Å². The van der Waals surface area contributed by atoms with Crippen molar-refractivity contribution in [2.24, 2.45) is 0 Å². The Kier molecular flexibility index (Phi) is 4.79. The van der Waals surface area contributed by atoms with E-state index in [1.807, 2.05) is 12.1 Å². The predicted octanol–water partition coefficient (Wildman–Crippen LogP) is 4.25. The van der Waals surface area contributed by atoms with Gasteiger partial charge in [0.2, 0.25) is 0 Å². The van der Waals surface area contributed by atoms with E-state index in [0.717, 1.165) is 43.4 Å². The highest BCUT2D eigenvalue weighted by atomic mass is 19.1. The van der Waals surface area contributed by atoms with Crippen LogP contribution in [0.1, 0.15) is 30.9 Å². The highest BCUT2D eigenvalue weighted by molar-refractivity contribution is 5.94. The van der Waals surface area contributed by atoms with Gasteiger partial charge >= 0.3 is 0 Å². The fraction of sp³-hybridized carbons (Fsp3) is 0.316. The SMILES string of the molecule is C[C@@H](Oc1cccc2c1CCCC2)C(=O)Nc1c(F)cccc1F. The maximum atomic E-state index is 13.6. The summed E-state index contributed by atoms with van der Waals surface area (Å²) in [4.78, 5) is 12.2. The zero-order valence-corrected chi connectivity index (χ0v) is 13.4. The van der Waals surface area contributed by atoms with Crippen molar-refractivity contribution in [1.29, 1.82) is 0 Å². The summed E-state index contributed by atoms with van der Waals surface area (Å²) in [5, 5.41) is 2.26. The van der Waals surface area contributed by atoms with E-state index in [0.29, 0.717) is 5.75 Å². The van der Waals surface area contributed by atoms with Gasteiger partial charge in [-0.3, -0.25) is 4.79 Å². The number of amides is 1. The smallest absolute Gasteiger partial charge is 0.265 e. The Hall–Kier alpha value is -2.43. The molecule has 1 amide bonds. The number of aryl methyl sites for hydroxylation is 1. The van der Waals surface area contributed by atoms with Crippen molar-refractivity contribution in [3.8, 4) is 5.75 Å². The van der Waals surface area contributed by atoms with Crippen molar-refractivity contribution in [1.82, 2.24) is 0 Å². The Balaban J connectivity index is 1.73. The molecule has 5 heteroatoms. The number of rotatable bonds is 4. The van der Waals surface area contributed by atoms with Crippen molar-refractivity contribution in [2.75, 3.05) is 5.32 Å². The first-order chi connectivity index (χ1) is 11.6. The molecule has 0 aromatic heterocycles. The Labute approximate surface area is 139 Å². The lowest BCUT2D eigenvalue weighted by Crippen LogP contribution is -2.31. The van der Waals surface area contributed by atoms with Crippen LogP contribution in [0.4, 0.5) is 14.5 Å². The molecule has 0 spiro atoms. The third-order valence-electron chi connectivity index (χ3n) is 4.24. The quantitative estimate of drug-likeness (QED) is 0.909. The number of nitrogens with one attached hydrogen (secondary N) is 1. The van der Waals surface area contributed by atoms with E-state index in [2.05, 4.69) is 11.4 Å². The number of benzene rings is 2. The van der Waals surface area contributed by atoms with Crippen LogP contribution in [-0.2, 0) is 17.6 Å². The van der Waals surface area contributed by atoms with E-state index in [-0.39, 0.29) is 0 Å². The third kappa shape index (κ3) is 3.40. The minimum Gasteiger partial charge on any atom is -0.481 e. The molecular formula is C19H19F2NO2. The van der Waals surface area contributed by atoms with Crippen LogP contribution in [0.15, 0.2) is 36.4 Å². The summed E-state index contributed by atoms with van der Waals surface area (Å²) >= 11 is 0. The van der Waals surface area contributed by atoms with Crippen molar-refractivity contribution in [3.63, 3.8) is 0 Å². The normalized spacial score (nSPS) is 14.6. The number of hydrogen-bond donors (Lipinski definition) is 1. The van der Waals surface area contributed by atoms with E-state index in [4.69, 9.17) is 4.74 Å². The maximum Gasteiger partial charge on any atom is 0.265 e. The number of hydrogen-bond acceptors (Lipinski definition) is 2. The number of carbonyl (C=O) groups excluding carboxylic acids is 1. The summed E-state index contributed by atoms with van der Waals surface area (Å²) < 4.78 is 33.0. The lowest BCUT2D eigenvalue weighted by atomic mass is 9.91. The highest BCUT2D eigenvalue weighted by Gasteiger charge is 2.21. The summed E-state index contributed by atoms with van der Waals surface area (Å²) in [6.07, 6.45) is 3.31. The zero-order valence-electron chi connectivity index (χ0n) is 13.4. The molecule has 0 bridgehead atoms. The average molecular weight is 331 g/mol. The van der Waals surface area contributed by atoms with E-state index < -0.39 is 29.3 Å². The molecule has 0 unspecified atom stereocenters. The lowest BCUT2D eigenvalue weighted by Gasteiger charge is -2.22. The summed E-state index contributed by atoms with van der Waals surface area (Å²) in [5.74, 6) is -1.54. The fourth-order valence-corrected chi connectivity index (χ4v) is 2.94. The maximum absolute atomic E-state index is 13.6. The second-order valence-electron chi connectivity index (χ2n) is 5.95. The predicted molar refractivity (Wildman–Crippen MR) is 88.2 cm³/mol. The molecule has 126 valence electrons. The number of carbonyl (C=O) groups is 1. The van der Waals surface area contributed by atoms with Crippen LogP contribution in [0, 0.1) is 11.6 Å². The van der Waals surface area contributed by atoms with Gasteiger partial charge < -0.3 is 10.1 Å². The number of fused-ring (bicyclic) bond motifs is 1. The van der Waals surface area contributed by atoms with Crippen molar-refractivity contribution < 1.29 is 18.3 Å². The molecule has 24 heavy (non-hydrogen) atoms. The molecule has 1 atom stereocenters. The number of anilines is 1. The van der Waals surface area contributed by atoms with Gasteiger partial charge in [0.25, 0.3) is 5.91 Å². The zero-order chi connectivity index (χ0) is 17.1. The molecular weight excluding hydrogens is 312 g/mol. The first kappa shape index (κ1) is 16.4. The topological polar surface area (TPSA) is 38.3 Å². The van der Waals surface area contributed by atoms with Crippen LogP contribution < -0.4 is 10.1 Å². The average Bonchev–Trinajstić information content (AvgIpc) is 2.58. The minimum atomic E-state index is -0.863. The third-order valence-corrected chi connectivity index (χ3v) is 4.24. The molecule has 1 aliphatic carbocycles. The summed E-state index contributed by atoms with van der Waals surface area (Å²) in [5.41, 5.74) is 1.92. The van der Waals surface area contributed by atoms with Gasteiger partial charge in [0.15, 0.2) is 6.10 Å². The molecule has 0 radical (unpaired) electrons. The minimum absolute atomic E-state index is 0.451. The van der Waals surface area contributed by atoms with Gasteiger partial charge in [-0.1, -0.05) is 18.2 Å². The van der Waals surface area contributed by atoms with Crippen LogP contribution in [0.25, 0.3) is 0 Å². The van der Waals surface area contributed by atoms with Crippen molar-refractivity contribution in [2.45, 2.75) is 38.7 Å². The van der Waals surface area contributed by atoms with Gasteiger partial charge in [-0.15, -0.1) is 0 Å². The van der Waals surface area contributed by atoms with Gasteiger partial charge in [-0.05, 0) is 61.9 Å². The first-order valence-electron chi connectivity index (χ1n) is 8.08. The van der Waals surface area contributed by atoms with Crippen LogP contribution in [-0.4, -0.2) is 12.0 Å². The Morgan fingerprint density at radius 2 is 1.75 bits per heavy atom. The molecule has 1 N–H and O–H groups in total. The van der Waals surface area contributed by atoms with Crippen LogP contribution in [0.3, 0.4) is 0 Å². The molecule has 0 saturated heterocycles. The molecule has 3 rings (SSSR count). The second-order valence-corrected chi connectivity index (χ2v) is 5.95. The van der Waals surface area contributed by atoms with E-state index in [1.165, 1.54) is 11.6 Å². The number of halogens is 2. The van der Waals surface area contributed by atoms with E-state index in [1.54, 1.807) is 6.92 Å². The standard InChI is InChI=1S/C19H19F2NO2/c1-12(19(23)22-18-15(20)9-5-10-16(18)21)24-17-11-4-7-13-6-2-3-8-14(13)17/h4-5,7,9-12H,2-3,6,8H2,1H3,(H,22,23)/t12-/m1/s1. The molecule has 1 aliphatic rings. The van der Waals surface area contributed by atoms with Crippen LogP contribution in [0.2, 0.25) is 0 Å². The fourth-order valence-electron chi connectivity index (χ4n) is 2.94. The van der Waals surface area contributed by atoms with Gasteiger partial charge in [0, 0.05) is 0 Å². The van der Waals surface area contributed by atoms with Gasteiger partial charge in [-0.2, -0.15) is 0 Å². The van der Waals surface area contributed by atoms with E-state index >= 15 is 0 Å². The molecule has 0 aliphatic heterocycles. The number of para-hydroxylation sites is 1.